The Hall–Kier alpha value is -2.90. The maximum Gasteiger partial charge on any atom is 0.311 e. The minimum absolute atomic E-state index is 0.140. The van der Waals surface area contributed by atoms with E-state index in [1.165, 1.54) is 13.3 Å². The van der Waals surface area contributed by atoms with Crippen molar-refractivity contribution >= 4 is 28.2 Å². The summed E-state index contributed by atoms with van der Waals surface area (Å²) in [6, 6.07) is 5.05. The van der Waals surface area contributed by atoms with E-state index in [0.29, 0.717) is 22.3 Å². The van der Waals surface area contributed by atoms with Crippen LogP contribution in [0.1, 0.15) is 6.92 Å². The molecule has 8 nitrogen and oxygen atoms in total. The van der Waals surface area contributed by atoms with Crippen LogP contribution in [0.4, 0.5) is 11.4 Å². The summed E-state index contributed by atoms with van der Waals surface area (Å²) in [5, 5.41) is 20.9. The summed E-state index contributed by atoms with van der Waals surface area (Å²) in [5.41, 5.74) is 0.721. The molecule has 0 saturated heterocycles. The molecule has 1 atom stereocenters. The van der Waals surface area contributed by atoms with Crippen LogP contribution in [-0.2, 0) is 4.79 Å². The van der Waals surface area contributed by atoms with Crippen LogP contribution in [0.15, 0.2) is 24.4 Å². The first-order valence-electron chi connectivity index (χ1n) is 6.90. The summed E-state index contributed by atoms with van der Waals surface area (Å²) in [6.07, 6.45) is 1.18. The van der Waals surface area contributed by atoms with E-state index in [9.17, 15) is 14.9 Å². The van der Waals surface area contributed by atoms with E-state index in [0.717, 1.165) is 0 Å². The monoisotopic (exact) mass is 319 g/mol. The molecule has 1 heterocycles. The third-order valence-corrected chi connectivity index (χ3v) is 3.58. The number of aromatic nitrogens is 1. The molecule has 122 valence electrons. The van der Waals surface area contributed by atoms with Crippen molar-refractivity contribution in [1.82, 2.24) is 4.98 Å². The molecule has 0 spiro atoms. The Balaban J connectivity index is 2.59. The van der Waals surface area contributed by atoms with Crippen LogP contribution in [0.25, 0.3) is 10.9 Å². The Bertz CT molecular complexity index is 762. The normalized spacial score (nSPS) is 12.0. The van der Waals surface area contributed by atoms with Crippen molar-refractivity contribution in [3.8, 4) is 5.75 Å². The number of nitrogens with zero attached hydrogens (tertiary/aromatic N) is 3. The fourth-order valence-corrected chi connectivity index (χ4v) is 2.39. The minimum atomic E-state index is -0.959. The van der Waals surface area contributed by atoms with E-state index in [1.54, 1.807) is 37.1 Å². The smallest absolute Gasteiger partial charge is 0.311 e. The highest BCUT2D eigenvalue weighted by Gasteiger charge is 2.24. The molecule has 2 aromatic rings. The van der Waals surface area contributed by atoms with Crippen molar-refractivity contribution < 1.29 is 19.6 Å². The first kappa shape index (κ1) is 16.5. The molecule has 1 N–H and O–H groups in total. The van der Waals surface area contributed by atoms with E-state index in [2.05, 4.69) is 4.98 Å². The van der Waals surface area contributed by atoms with Gasteiger partial charge in [0.2, 0.25) is 0 Å². The average Bonchev–Trinajstić information content (AvgIpc) is 2.52. The predicted octanol–water partition coefficient (Wildman–Crippen LogP) is 2.31. The molecule has 0 radical (unpaired) electrons. The van der Waals surface area contributed by atoms with Gasteiger partial charge in [-0.3, -0.25) is 14.9 Å². The van der Waals surface area contributed by atoms with Crippen molar-refractivity contribution in [3.63, 3.8) is 0 Å². The third kappa shape index (κ3) is 3.31. The number of carbonyl (C=O) groups is 1. The van der Waals surface area contributed by atoms with Gasteiger partial charge in [-0.2, -0.15) is 0 Å². The zero-order chi connectivity index (χ0) is 17.1. The molecular formula is C15H17N3O5. The lowest BCUT2D eigenvalue weighted by Crippen LogP contribution is -2.29. The maximum atomic E-state index is 11.3. The molecule has 23 heavy (non-hydrogen) atoms. The summed E-state index contributed by atoms with van der Waals surface area (Å²) < 4.78 is 5.13. The highest BCUT2D eigenvalue weighted by Crippen LogP contribution is 2.35. The second-order valence-corrected chi connectivity index (χ2v) is 5.25. The molecule has 0 amide bonds. The molecule has 1 unspecified atom stereocenters. The lowest BCUT2D eigenvalue weighted by Gasteiger charge is -2.22. The fourth-order valence-electron chi connectivity index (χ4n) is 2.39. The van der Waals surface area contributed by atoms with Crippen molar-refractivity contribution in [2.24, 2.45) is 5.92 Å². The Morgan fingerprint density at radius 2 is 2.22 bits per heavy atom. The number of hydrogen-bond donors (Lipinski definition) is 1. The highest BCUT2D eigenvalue weighted by molar-refractivity contribution is 5.97. The minimum Gasteiger partial charge on any atom is -0.497 e. The lowest BCUT2D eigenvalue weighted by molar-refractivity contribution is -0.384. The number of rotatable bonds is 6. The number of anilines is 1. The van der Waals surface area contributed by atoms with Crippen molar-refractivity contribution in [2.45, 2.75) is 6.92 Å². The van der Waals surface area contributed by atoms with Crippen LogP contribution < -0.4 is 9.64 Å². The Kier molecular flexibility index (Phi) is 4.63. The van der Waals surface area contributed by atoms with Gasteiger partial charge in [0.15, 0.2) is 0 Å². The summed E-state index contributed by atoms with van der Waals surface area (Å²) in [6.45, 7) is 1.69. The van der Waals surface area contributed by atoms with Gasteiger partial charge in [0.05, 0.1) is 23.5 Å². The maximum absolute atomic E-state index is 11.3. The molecule has 0 aliphatic heterocycles. The van der Waals surface area contributed by atoms with Gasteiger partial charge >= 0.3 is 11.7 Å². The second-order valence-electron chi connectivity index (χ2n) is 5.25. The van der Waals surface area contributed by atoms with Gasteiger partial charge in [0.25, 0.3) is 0 Å². The van der Waals surface area contributed by atoms with E-state index in [-0.39, 0.29) is 12.2 Å². The molecular weight excluding hydrogens is 302 g/mol. The third-order valence-electron chi connectivity index (χ3n) is 3.58. The SMILES string of the molecule is COc1ccc2c(N(C)CC(C)C(=O)O)c([N+](=O)[O-])cnc2c1. The first-order valence-corrected chi connectivity index (χ1v) is 6.90. The number of pyridine rings is 1. The van der Waals surface area contributed by atoms with Crippen LogP contribution in [0.2, 0.25) is 0 Å². The van der Waals surface area contributed by atoms with E-state index in [1.807, 2.05) is 0 Å². The van der Waals surface area contributed by atoms with Gasteiger partial charge in [-0.25, -0.2) is 4.98 Å². The van der Waals surface area contributed by atoms with Crippen LogP contribution in [0.3, 0.4) is 0 Å². The summed E-state index contributed by atoms with van der Waals surface area (Å²) in [7, 11) is 3.15. The largest absolute Gasteiger partial charge is 0.497 e. The highest BCUT2D eigenvalue weighted by atomic mass is 16.6. The Morgan fingerprint density at radius 3 is 2.78 bits per heavy atom. The Labute approximate surface area is 132 Å². The second kappa shape index (κ2) is 6.47. The van der Waals surface area contributed by atoms with Crippen LogP contribution >= 0.6 is 0 Å². The molecule has 1 aromatic heterocycles. The van der Waals surface area contributed by atoms with Crippen molar-refractivity contribution in [2.75, 3.05) is 25.6 Å². The van der Waals surface area contributed by atoms with Crippen LogP contribution in [-0.4, -0.2) is 41.7 Å². The zero-order valence-corrected chi connectivity index (χ0v) is 13.0. The fraction of sp³-hybridized carbons (Fsp3) is 0.333. The molecule has 0 saturated carbocycles. The van der Waals surface area contributed by atoms with Crippen molar-refractivity contribution in [1.29, 1.82) is 0 Å². The number of fused-ring (bicyclic) bond motifs is 1. The molecule has 8 heteroatoms. The number of ether oxygens (including phenoxy) is 1. The van der Waals surface area contributed by atoms with Gasteiger partial charge in [-0.1, -0.05) is 6.92 Å². The number of carboxylic acid groups (broad SMARTS) is 1. The topological polar surface area (TPSA) is 106 Å². The van der Waals surface area contributed by atoms with Crippen LogP contribution in [0, 0.1) is 16.0 Å². The molecule has 0 fully saturated rings. The quantitative estimate of drug-likeness (QED) is 0.643. The van der Waals surface area contributed by atoms with E-state index in [4.69, 9.17) is 9.84 Å². The predicted molar refractivity (Wildman–Crippen MR) is 85.0 cm³/mol. The lowest BCUT2D eigenvalue weighted by atomic mass is 10.1. The molecule has 0 aliphatic carbocycles. The van der Waals surface area contributed by atoms with Crippen LogP contribution in [0.5, 0.6) is 5.75 Å². The van der Waals surface area contributed by atoms with Gasteiger partial charge in [-0.05, 0) is 12.1 Å². The molecule has 0 aliphatic rings. The molecule has 2 rings (SSSR count). The number of hydrogen-bond acceptors (Lipinski definition) is 6. The van der Waals surface area contributed by atoms with Gasteiger partial charge in [0, 0.05) is 25.0 Å². The van der Waals surface area contributed by atoms with E-state index < -0.39 is 16.8 Å². The average molecular weight is 319 g/mol. The Morgan fingerprint density at radius 1 is 1.52 bits per heavy atom. The standard InChI is InChI=1S/C15H17N3O5/c1-9(15(19)20)8-17(2)14-11-5-4-10(23-3)6-12(11)16-7-13(14)18(21)22/h4-7,9H,8H2,1-3H3,(H,19,20). The summed E-state index contributed by atoms with van der Waals surface area (Å²) in [5.74, 6) is -1.04. The number of benzene rings is 1. The summed E-state index contributed by atoms with van der Waals surface area (Å²) >= 11 is 0. The van der Waals surface area contributed by atoms with Gasteiger partial charge in [-0.15, -0.1) is 0 Å². The van der Waals surface area contributed by atoms with Gasteiger partial charge < -0.3 is 14.7 Å². The first-order chi connectivity index (χ1) is 10.8. The number of aliphatic carboxylic acids is 1. The number of methoxy groups -OCH3 is 1. The van der Waals surface area contributed by atoms with E-state index >= 15 is 0 Å². The zero-order valence-electron chi connectivity index (χ0n) is 13.0. The van der Waals surface area contributed by atoms with Gasteiger partial charge in [0.1, 0.15) is 17.6 Å². The summed E-state index contributed by atoms with van der Waals surface area (Å²) in [4.78, 5) is 27.5. The number of carboxylic acids is 1. The number of nitro groups is 1. The molecule has 1 aromatic carbocycles. The molecule has 0 bridgehead atoms. The van der Waals surface area contributed by atoms with Crippen molar-refractivity contribution in [3.05, 3.63) is 34.5 Å².